The summed E-state index contributed by atoms with van der Waals surface area (Å²) in [6.07, 6.45) is 1.30. The minimum Gasteiger partial charge on any atom is -0.497 e. The van der Waals surface area contributed by atoms with Crippen molar-refractivity contribution in [1.82, 2.24) is 19.7 Å². The van der Waals surface area contributed by atoms with Gasteiger partial charge in [-0.1, -0.05) is 0 Å². The zero-order valence-corrected chi connectivity index (χ0v) is 24.1. The number of rotatable bonds is 10. The van der Waals surface area contributed by atoms with Crippen molar-refractivity contribution in [3.05, 3.63) is 84.1 Å². The van der Waals surface area contributed by atoms with Crippen LogP contribution in [0, 0.1) is 11.6 Å². The van der Waals surface area contributed by atoms with Crippen molar-refractivity contribution in [1.29, 1.82) is 0 Å². The minimum atomic E-state index is -4.81. The fourth-order valence-electron chi connectivity index (χ4n) is 5.08. The van der Waals surface area contributed by atoms with Crippen molar-refractivity contribution in [2.45, 2.75) is 42.2 Å². The Morgan fingerprint density at radius 3 is 2.44 bits per heavy atom. The maximum absolute atomic E-state index is 15.6. The van der Waals surface area contributed by atoms with E-state index in [1.165, 1.54) is 43.4 Å². The molecule has 0 bridgehead atoms. The molecule has 2 atom stereocenters. The second-order valence-corrected chi connectivity index (χ2v) is 11.7. The summed E-state index contributed by atoms with van der Waals surface area (Å²) >= 11 is 0. The highest BCUT2D eigenvalue weighted by atomic mass is 32.2. The Hall–Kier alpha value is -4.40. The van der Waals surface area contributed by atoms with Gasteiger partial charge in [-0.05, 0) is 30.3 Å². The predicted molar refractivity (Wildman–Crippen MR) is 146 cm³/mol. The molecule has 10 nitrogen and oxygen atoms in total. The van der Waals surface area contributed by atoms with E-state index < -0.39 is 63.1 Å². The van der Waals surface area contributed by atoms with Gasteiger partial charge in [0, 0.05) is 61.6 Å². The van der Waals surface area contributed by atoms with Crippen molar-refractivity contribution in [3.8, 4) is 17.2 Å². The molecule has 1 aliphatic carbocycles. The summed E-state index contributed by atoms with van der Waals surface area (Å²) in [5.74, 6) is -7.44. The molecular weight excluding hydrogens is 594 g/mol. The molecular formula is C28H27F4N5O5S. The van der Waals surface area contributed by atoms with Crippen LogP contribution in [-0.4, -0.2) is 54.4 Å². The average molecular weight is 622 g/mol. The number of nitrogens with zero attached hydrogens (tertiary/aromatic N) is 5. The Kier molecular flexibility index (Phi) is 8.18. The molecule has 0 spiro atoms. The average Bonchev–Trinajstić information content (AvgIpc) is 3.55. The van der Waals surface area contributed by atoms with E-state index in [1.807, 2.05) is 0 Å². The Morgan fingerprint density at radius 1 is 1.00 bits per heavy atom. The fraction of sp³-hybridized carbons (Fsp3) is 0.321. The zero-order valence-electron chi connectivity index (χ0n) is 23.2. The van der Waals surface area contributed by atoms with E-state index >= 15 is 8.78 Å². The number of hydrogen-bond donors (Lipinski definition) is 0. The third kappa shape index (κ3) is 5.94. The number of hydrogen-bond acceptors (Lipinski definition) is 8. The fourth-order valence-corrected chi connectivity index (χ4v) is 6.54. The number of alkyl halides is 2. The highest BCUT2D eigenvalue weighted by Gasteiger charge is 2.49. The highest BCUT2D eigenvalue weighted by molar-refractivity contribution is 7.92. The number of methoxy groups -OCH3 is 2. The molecule has 2 unspecified atom stereocenters. The quantitative estimate of drug-likeness (QED) is 0.231. The lowest BCUT2D eigenvalue weighted by molar-refractivity contribution is -0.00168. The van der Waals surface area contributed by atoms with Gasteiger partial charge in [-0.15, -0.1) is 0 Å². The van der Waals surface area contributed by atoms with Gasteiger partial charge in [0.1, 0.15) is 34.6 Å². The van der Waals surface area contributed by atoms with Crippen molar-refractivity contribution in [3.63, 3.8) is 0 Å². The molecule has 5 rings (SSSR count). The first-order valence-electron chi connectivity index (χ1n) is 12.9. The maximum atomic E-state index is 15.6. The molecule has 0 N–H and O–H groups in total. The lowest BCUT2D eigenvalue weighted by Gasteiger charge is -2.25. The number of sulfonamides is 1. The Bertz CT molecular complexity index is 1720. The Balaban J connectivity index is 1.50. The van der Waals surface area contributed by atoms with Crippen LogP contribution in [-0.2, 0) is 23.6 Å². The summed E-state index contributed by atoms with van der Waals surface area (Å²) in [5.41, 5.74) is 0.811. The first kappa shape index (κ1) is 30.1. The zero-order chi connectivity index (χ0) is 30.9. The Labute approximate surface area is 244 Å². The van der Waals surface area contributed by atoms with Gasteiger partial charge in [-0.2, -0.15) is 9.49 Å². The first-order valence-corrected chi connectivity index (χ1v) is 14.4. The number of aryl methyl sites for hydroxylation is 1. The van der Waals surface area contributed by atoms with E-state index in [0.717, 1.165) is 22.8 Å². The first-order chi connectivity index (χ1) is 20.4. The molecule has 2 aromatic carbocycles. The summed E-state index contributed by atoms with van der Waals surface area (Å²) in [5, 5.41) is 4.00. The van der Waals surface area contributed by atoms with E-state index in [2.05, 4.69) is 15.1 Å². The number of aromatic nitrogens is 4. The molecule has 4 aromatic rings. The van der Waals surface area contributed by atoms with E-state index in [0.29, 0.717) is 17.0 Å². The molecule has 0 radical (unpaired) electrons. The van der Waals surface area contributed by atoms with Crippen LogP contribution in [0.1, 0.15) is 30.0 Å². The summed E-state index contributed by atoms with van der Waals surface area (Å²) in [7, 11) is -0.393. The highest BCUT2D eigenvalue weighted by Crippen LogP contribution is 2.46. The third-order valence-electron chi connectivity index (χ3n) is 7.19. The van der Waals surface area contributed by atoms with Crippen LogP contribution in [0.15, 0.2) is 66.1 Å². The van der Waals surface area contributed by atoms with E-state index in [9.17, 15) is 17.2 Å². The molecule has 228 valence electrons. The van der Waals surface area contributed by atoms with Crippen LogP contribution in [0.4, 0.5) is 23.4 Å². The van der Waals surface area contributed by atoms with Gasteiger partial charge in [0.25, 0.3) is 15.9 Å². The van der Waals surface area contributed by atoms with E-state index in [-0.39, 0.29) is 18.1 Å². The lowest BCUT2D eigenvalue weighted by Crippen LogP contribution is -2.32. The van der Waals surface area contributed by atoms with Crippen molar-refractivity contribution in [2.75, 3.05) is 18.5 Å². The molecule has 0 saturated heterocycles. The van der Waals surface area contributed by atoms with Crippen molar-refractivity contribution >= 4 is 15.8 Å². The summed E-state index contributed by atoms with van der Waals surface area (Å²) in [4.78, 5) is 6.78. The van der Waals surface area contributed by atoms with E-state index in [4.69, 9.17) is 14.2 Å². The summed E-state index contributed by atoms with van der Waals surface area (Å²) < 4.78 is 106. The molecule has 2 aromatic heterocycles. The monoisotopic (exact) mass is 621 g/mol. The molecule has 1 saturated carbocycles. The molecule has 1 fully saturated rings. The number of halogens is 4. The van der Waals surface area contributed by atoms with E-state index in [1.54, 1.807) is 25.2 Å². The Morgan fingerprint density at radius 2 is 1.79 bits per heavy atom. The van der Waals surface area contributed by atoms with Gasteiger partial charge in [0.15, 0.2) is 11.6 Å². The molecule has 2 heterocycles. The van der Waals surface area contributed by atoms with Gasteiger partial charge >= 0.3 is 0 Å². The molecule has 0 amide bonds. The molecule has 1 aliphatic rings. The minimum absolute atomic E-state index is 0.125. The van der Waals surface area contributed by atoms with Crippen LogP contribution in [0.5, 0.6) is 17.2 Å². The topological polar surface area (TPSA) is 109 Å². The van der Waals surface area contributed by atoms with Gasteiger partial charge in [0.2, 0.25) is 5.82 Å². The number of anilines is 1. The largest absolute Gasteiger partial charge is 0.497 e. The van der Waals surface area contributed by atoms with Crippen LogP contribution >= 0.6 is 0 Å². The van der Waals surface area contributed by atoms with Crippen LogP contribution in [0.3, 0.4) is 0 Å². The normalized spacial score (nSPS) is 17.9. The van der Waals surface area contributed by atoms with Gasteiger partial charge in [-0.3, -0.25) is 4.68 Å². The smallest absolute Gasteiger partial charge is 0.268 e. The van der Waals surface area contributed by atoms with Crippen LogP contribution in [0.2, 0.25) is 0 Å². The van der Waals surface area contributed by atoms with Crippen LogP contribution < -0.4 is 18.5 Å². The SMILES string of the molecule is COc1ccc(CN(c2ccncn2)S(=O)(=O)c2ccc(OC3CC(F)(F)CC3c3ccnn3C)c(F)c2F)c(OC)c1. The van der Waals surface area contributed by atoms with Crippen molar-refractivity contribution in [2.24, 2.45) is 7.05 Å². The molecule has 0 aliphatic heterocycles. The second-order valence-electron chi connectivity index (χ2n) is 9.85. The predicted octanol–water partition coefficient (Wildman–Crippen LogP) is 4.86. The third-order valence-corrected chi connectivity index (χ3v) is 8.96. The van der Waals surface area contributed by atoms with Crippen LogP contribution in [0.25, 0.3) is 0 Å². The summed E-state index contributed by atoms with van der Waals surface area (Å²) in [6, 6.07) is 9.26. The standard InChI is InChI=1S/C28H27F4N5O5S/c1-36-20(8-11-35-36)19-13-28(31,32)14-23(19)42-21-6-7-24(27(30)26(21)29)43(38,39)37(25-9-10-33-16-34-25)15-17-4-5-18(40-2)12-22(17)41-3/h4-12,16,19,23H,13-15H2,1-3H3. The van der Waals surface area contributed by atoms with Gasteiger partial charge in [0.05, 0.1) is 20.8 Å². The second kappa shape index (κ2) is 11.7. The number of ether oxygens (including phenoxy) is 3. The molecule has 15 heteroatoms. The summed E-state index contributed by atoms with van der Waals surface area (Å²) in [6.45, 7) is -0.380. The molecule has 43 heavy (non-hydrogen) atoms. The van der Waals surface area contributed by atoms with Crippen molar-refractivity contribution < 1.29 is 40.2 Å². The maximum Gasteiger partial charge on any atom is 0.268 e. The van der Waals surface area contributed by atoms with Gasteiger partial charge in [-0.25, -0.2) is 35.9 Å². The number of benzene rings is 2. The lowest BCUT2D eigenvalue weighted by atomic mass is 10.0. The van der Waals surface area contributed by atoms with Gasteiger partial charge < -0.3 is 14.2 Å².